The number of hydrogen-bond acceptors (Lipinski definition) is 7. The van der Waals surface area contributed by atoms with Gasteiger partial charge in [-0.25, -0.2) is 9.97 Å². The molecular formula is C15H15N6OS-. The van der Waals surface area contributed by atoms with Crippen LogP contribution in [-0.2, 0) is 4.74 Å². The number of aromatic nitrogens is 4. The Kier molecular flexibility index (Phi) is 3.55. The van der Waals surface area contributed by atoms with Crippen LogP contribution in [0.25, 0.3) is 27.3 Å². The predicted molar refractivity (Wildman–Crippen MR) is 90.0 cm³/mol. The highest BCUT2D eigenvalue weighted by atomic mass is 32.1. The van der Waals surface area contributed by atoms with Crippen molar-refractivity contribution in [3.8, 4) is 11.4 Å². The van der Waals surface area contributed by atoms with Gasteiger partial charge in [0.15, 0.2) is 5.82 Å². The van der Waals surface area contributed by atoms with E-state index >= 15 is 0 Å². The Morgan fingerprint density at radius 1 is 1.30 bits per heavy atom. The summed E-state index contributed by atoms with van der Waals surface area (Å²) >= 11 is 1.59. The summed E-state index contributed by atoms with van der Waals surface area (Å²) in [6.07, 6.45) is 3.19. The molecule has 4 rings (SSSR count). The number of ether oxygens (including phenoxy) is 1. The van der Waals surface area contributed by atoms with Crippen LogP contribution in [0, 0.1) is 0 Å². The molecule has 0 amide bonds. The number of thiophene rings is 1. The fraction of sp³-hybridized carbons (Fsp3) is 0.333. The van der Waals surface area contributed by atoms with Crippen molar-refractivity contribution in [2.24, 2.45) is 0 Å². The Hall–Kier alpha value is -2.32. The summed E-state index contributed by atoms with van der Waals surface area (Å²) < 4.78 is 5.53. The molecule has 1 atom stereocenters. The minimum atomic E-state index is -0.00650. The largest absolute Gasteiger partial charge is 0.410 e. The summed E-state index contributed by atoms with van der Waals surface area (Å²) in [6, 6.07) is 2.33. The van der Waals surface area contributed by atoms with Gasteiger partial charge in [-0.1, -0.05) is 0 Å². The quantitative estimate of drug-likeness (QED) is 0.719. The Morgan fingerprint density at radius 3 is 2.91 bits per heavy atom. The lowest BCUT2D eigenvalue weighted by Crippen LogP contribution is -2.44. The molecule has 3 aromatic rings. The van der Waals surface area contributed by atoms with E-state index < -0.39 is 0 Å². The van der Waals surface area contributed by atoms with Gasteiger partial charge in [0.2, 0.25) is 0 Å². The van der Waals surface area contributed by atoms with E-state index in [1.807, 2.05) is 5.38 Å². The molecule has 1 aliphatic rings. The molecule has 1 fully saturated rings. The molecule has 4 heterocycles. The second-order valence-electron chi connectivity index (χ2n) is 5.42. The third-order valence-electron chi connectivity index (χ3n) is 3.85. The van der Waals surface area contributed by atoms with Gasteiger partial charge >= 0.3 is 0 Å². The molecular weight excluding hydrogens is 312 g/mol. The molecule has 0 radical (unpaired) electrons. The second kappa shape index (κ2) is 5.71. The van der Waals surface area contributed by atoms with Crippen LogP contribution in [0.1, 0.15) is 6.92 Å². The number of rotatable bonds is 2. The summed E-state index contributed by atoms with van der Waals surface area (Å²) in [6.45, 7) is 4.34. The van der Waals surface area contributed by atoms with Gasteiger partial charge in [0.25, 0.3) is 0 Å². The number of nitrogens with zero attached hydrogens (tertiary/aromatic N) is 5. The minimum Gasteiger partial charge on any atom is -0.410 e. The van der Waals surface area contributed by atoms with Crippen molar-refractivity contribution in [2.45, 2.75) is 13.0 Å². The van der Waals surface area contributed by atoms with E-state index in [0.29, 0.717) is 19.0 Å². The maximum atomic E-state index is 7.41. The molecule has 8 heteroatoms. The van der Waals surface area contributed by atoms with E-state index in [9.17, 15) is 0 Å². The normalized spacial score (nSPS) is 18.5. The fourth-order valence-corrected chi connectivity index (χ4v) is 3.43. The first-order valence-electron chi connectivity index (χ1n) is 7.36. The molecule has 0 bridgehead atoms. The first kappa shape index (κ1) is 14.3. The van der Waals surface area contributed by atoms with Gasteiger partial charge in [-0.3, -0.25) is 0 Å². The first-order valence-corrected chi connectivity index (χ1v) is 8.24. The van der Waals surface area contributed by atoms with Crippen LogP contribution in [0.4, 0.5) is 11.8 Å². The van der Waals surface area contributed by atoms with Gasteiger partial charge in [-0.15, -0.1) is 11.3 Å². The number of nitrogens with one attached hydrogen (secondary N) is 1. The number of fused-ring (bicyclic) bond motifs is 1. The summed E-state index contributed by atoms with van der Waals surface area (Å²) in [5.74, 6) is 1.51. The molecule has 0 spiro atoms. The number of morpholine rings is 1. The van der Waals surface area contributed by atoms with Crippen molar-refractivity contribution in [1.29, 1.82) is 0 Å². The molecule has 7 nitrogen and oxygen atoms in total. The van der Waals surface area contributed by atoms with E-state index in [1.165, 1.54) is 0 Å². The zero-order valence-corrected chi connectivity index (χ0v) is 13.4. The molecule has 0 aromatic carbocycles. The number of hydrogen-bond donors (Lipinski definition) is 0. The highest BCUT2D eigenvalue weighted by Gasteiger charge is 2.23. The third kappa shape index (κ3) is 2.60. The van der Waals surface area contributed by atoms with Crippen LogP contribution < -0.4 is 4.90 Å². The Bertz CT molecular complexity index is 834. The van der Waals surface area contributed by atoms with Gasteiger partial charge in [-0.2, -0.15) is 0 Å². The van der Waals surface area contributed by atoms with Crippen LogP contribution in [-0.4, -0.2) is 45.7 Å². The lowest BCUT2D eigenvalue weighted by Gasteiger charge is -2.34. The highest BCUT2D eigenvalue weighted by molar-refractivity contribution is 7.16. The lowest BCUT2D eigenvalue weighted by atomic mass is 10.2. The molecule has 3 aromatic heterocycles. The Balaban J connectivity index is 1.85. The van der Waals surface area contributed by atoms with Crippen molar-refractivity contribution in [1.82, 2.24) is 19.9 Å². The van der Waals surface area contributed by atoms with Crippen molar-refractivity contribution >= 4 is 33.3 Å². The van der Waals surface area contributed by atoms with Crippen LogP contribution in [0.5, 0.6) is 0 Å². The maximum absolute atomic E-state index is 7.41. The summed E-state index contributed by atoms with van der Waals surface area (Å²) in [5, 5.41) is 3.09. The summed E-state index contributed by atoms with van der Waals surface area (Å²) in [7, 11) is 0. The van der Waals surface area contributed by atoms with Crippen molar-refractivity contribution < 1.29 is 4.74 Å². The number of anilines is 1. The fourth-order valence-electron chi connectivity index (χ4n) is 2.67. The average molecular weight is 327 g/mol. The monoisotopic (exact) mass is 327 g/mol. The zero-order chi connectivity index (χ0) is 15.8. The molecule has 1 aliphatic heterocycles. The molecule has 1 N–H and O–H groups in total. The van der Waals surface area contributed by atoms with E-state index in [1.54, 1.807) is 23.7 Å². The van der Waals surface area contributed by atoms with Gasteiger partial charge in [0, 0.05) is 18.1 Å². The first-order chi connectivity index (χ1) is 11.2. The molecule has 0 unspecified atom stereocenters. The molecule has 0 saturated carbocycles. The zero-order valence-electron chi connectivity index (χ0n) is 12.6. The Morgan fingerprint density at radius 2 is 2.13 bits per heavy atom. The Labute approximate surface area is 137 Å². The smallest absolute Gasteiger partial charge is 0.163 e. The van der Waals surface area contributed by atoms with Gasteiger partial charge in [-0.05, 0) is 30.8 Å². The van der Waals surface area contributed by atoms with Gasteiger partial charge in [0.1, 0.15) is 10.6 Å². The topological polar surface area (TPSA) is 87.8 Å². The van der Waals surface area contributed by atoms with E-state index in [0.717, 1.165) is 28.1 Å². The molecule has 1 saturated heterocycles. The lowest BCUT2D eigenvalue weighted by molar-refractivity contribution is 0.0987. The highest BCUT2D eigenvalue weighted by Crippen LogP contribution is 2.32. The molecule has 23 heavy (non-hydrogen) atoms. The van der Waals surface area contributed by atoms with E-state index in [-0.39, 0.29) is 12.0 Å². The van der Waals surface area contributed by atoms with Gasteiger partial charge < -0.3 is 25.3 Å². The van der Waals surface area contributed by atoms with E-state index in [4.69, 9.17) is 15.5 Å². The minimum absolute atomic E-state index is 0.00650. The van der Waals surface area contributed by atoms with Crippen LogP contribution >= 0.6 is 11.3 Å². The SMILES string of the molecule is C[C@H]1COCCN1c1nc(-c2cnc([NH-])nc2)nc2sccc12. The molecule has 118 valence electrons. The predicted octanol–water partition coefficient (Wildman–Crippen LogP) is 3.06. The van der Waals surface area contributed by atoms with Crippen LogP contribution in [0.3, 0.4) is 0 Å². The second-order valence-corrected chi connectivity index (χ2v) is 6.32. The maximum Gasteiger partial charge on any atom is 0.163 e. The summed E-state index contributed by atoms with van der Waals surface area (Å²) in [4.78, 5) is 20.5. The average Bonchev–Trinajstić information content (AvgIpc) is 3.04. The molecule has 0 aliphatic carbocycles. The standard InChI is InChI=1S/C15H15N6OS/c1-9-8-22-4-3-21(9)13-11-2-5-23-14(11)20-12(19-13)10-6-17-15(16)18-7-10/h2,5-7,9H,3-4,8H2,1H3,(H-,16,17,18)/q-1/t9-/m0/s1. The third-order valence-corrected chi connectivity index (χ3v) is 4.66. The van der Waals surface area contributed by atoms with E-state index in [2.05, 4.69) is 32.8 Å². The van der Waals surface area contributed by atoms with Crippen LogP contribution in [0.15, 0.2) is 23.8 Å². The van der Waals surface area contributed by atoms with Gasteiger partial charge in [0.05, 0.1) is 24.6 Å². The summed E-state index contributed by atoms with van der Waals surface area (Å²) in [5.41, 5.74) is 8.13. The van der Waals surface area contributed by atoms with Crippen LogP contribution in [0.2, 0.25) is 0 Å². The van der Waals surface area contributed by atoms with Crippen molar-refractivity contribution in [3.05, 3.63) is 29.6 Å². The van der Waals surface area contributed by atoms with Crippen molar-refractivity contribution in [2.75, 3.05) is 24.7 Å². The van der Waals surface area contributed by atoms with Crippen molar-refractivity contribution in [3.63, 3.8) is 0 Å².